The molecule has 1 N–H and O–H groups in total. The summed E-state index contributed by atoms with van der Waals surface area (Å²) in [6.45, 7) is 10.3. The number of methoxy groups -OCH3 is 1. The van der Waals surface area contributed by atoms with Crippen LogP contribution >= 0.6 is 0 Å². The van der Waals surface area contributed by atoms with Crippen molar-refractivity contribution in [2.45, 2.75) is 45.6 Å². The zero-order valence-corrected chi connectivity index (χ0v) is 21.5. The standard InChI is InChI=1S/C29H34N4O3/c1-18(2)19(3)33-10-8-20(9-11-33)25-16-32(4)29-27(25)28(36-5)24(15-31-29)13-26(35)21-6-7-22(17-34)23(12-21)14-30/h6-7,12,15-16,18,20,34H,3,8-11,13,17H2,1-2,4-5H3. The van der Waals surface area contributed by atoms with Gasteiger partial charge in [0.15, 0.2) is 5.78 Å². The molecule has 7 nitrogen and oxygen atoms in total. The van der Waals surface area contributed by atoms with Gasteiger partial charge in [0, 0.05) is 55.8 Å². The number of aryl methyl sites for hydroxylation is 1. The average Bonchev–Trinajstić information content (AvgIpc) is 3.23. The number of Topliss-reactive ketones (excluding diaryl/α,β-unsaturated/α-hetero) is 1. The van der Waals surface area contributed by atoms with Crippen LogP contribution in [0.2, 0.25) is 0 Å². The van der Waals surface area contributed by atoms with Crippen LogP contribution in [0.25, 0.3) is 11.0 Å². The number of ketones is 1. The number of nitriles is 1. The van der Waals surface area contributed by atoms with Crippen LogP contribution in [0, 0.1) is 17.2 Å². The van der Waals surface area contributed by atoms with Crippen LogP contribution in [0.4, 0.5) is 0 Å². The number of piperidine rings is 1. The molecule has 7 heteroatoms. The lowest BCUT2D eigenvalue weighted by atomic mass is 9.88. The van der Waals surface area contributed by atoms with E-state index in [1.54, 1.807) is 31.5 Å². The molecule has 1 aromatic carbocycles. The Bertz CT molecular complexity index is 1340. The normalized spacial score (nSPS) is 14.3. The first kappa shape index (κ1) is 25.5. The number of ether oxygens (including phenoxy) is 1. The highest BCUT2D eigenvalue weighted by Gasteiger charge is 2.27. The number of rotatable bonds is 8. The molecule has 0 saturated carbocycles. The molecular formula is C29H34N4O3. The van der Waals surface area contributed by atoms with E-state index in [0.717, 1.165) is 42.5 Å². The predicted molar refractivity (Wildman–Crippen MR) is 140 cm³/mol. The summed E-state index contributed by atoms with van der Waals surface area (Å²) in [7, 11) is 3.63. The average molecular weight is 487 g/mol. The van der Waals surface area contributed by atoms with Crippen LogP contribution in [-0.2, 0) is 20.1 Å². The first-order valence-corrected chi connectivity index (χ1v) is 12.4. The van der Waals surface area contributed by atoms with E-state index < -0.39 is 0 Å². The third kappa shape index (κ3) is 4.74. The SMILES string of the molecule is C=C(C(C)C)N1CCC(c2cn(C)c3ncc(CC(=O)c4ccc(CO)c(C#N)c4)c(OC)c23)CC1. The number of fused-ring (bicyclic) bond motifs is 1. The van der Waals surface area contributed by atoms with Gasteiger partial charge < -0.3 is 19.3 Å². The molecule has 3 heterocycles. The van der Waals surface area contributed by atoms with Crippen molar-refractivity contribution in [2.75, 3.05) is 20.2 Å². The van der Waals surface area contributed by atoms with Gasteiger partial charge in [-0.15, -0.1) is 0 Å². The summed E-state index contributed by atoms with van der Waals surface area (Å²) >= 11 is 0. The molecule has 1 saturated heterocycles. The lowest BCUT2D eigenvalue weighted by Gasteiger charge is -2.36. The number of likely N-dealkylation sites (tertiary alicyclic amines) is 1. The van der Waals surface area contributed by atoms with E-state index in [1.807, 2.05) is 11.6 Å². The maximum absolute atomic E-state index is 13.2. The molecule has 1 fully saturated rings. The number of benzene rings is 1. The van der Waals surface area contributed by atoms with Crippen LogP contribution in [-0.4, -0.2) is 45.5 Å². The van der Waals surface area contributed by atoms with E-state index in [-0.39, 0.29) is 18.8 Å². The Hall–Kier alpha value is -3.63. The predicted octanol–water partition coefficient (Wildman–Crippen LogP) is 4.72. The summed E-state index contributed by atoms with van der Waals surface area (Å²) in [5.74, 6) is 1.36. The molecule has 1 aliphatic heterocycles. The van der Waals surface area contributed by atoms with Crippen LogP contribution < -0.4 is 4.74 Å². The second-order valence-corrected chi connectivity index (χ2v) is 9.86. The smallest absolute Gasteiger partial charge is 0.167 e. The van der Waals surface area contributed by atoms with Crippen molar-refractivity contribution in [1.29, 1.82) is 5.26 Å². The lowest BCUT2D eigenvalue weighted by molar-refractivity contribution is 0.0992. The highest BCUT2D eigenvalue weighted by atomic mass is 16.5. The van der Waals surface area contributed by atoms with Crippen molar-refractivity contribution in [1.82, 2.24) is 14.5 Å². The fourth-order valence-electron chi connectivity index (χ4n) is 5.16. The summed E-state index contributed by atoms with van der Waals surface area (Å²) in [4.78, 5) is 20.3. The molecule has 0 atom stereocenters. The minimum Gasteiger partial charge on any atom is -0.496 e. The third-order valence-corrected chi connectivity index (χ3v) is 7.33. The van der Waals surface area contributed by atoms with Crippen molar-refractivity contribution >= 4 is 16.8 Å². The van der Waals surface area contributed by atoms with Gasteiger partial charge in [0.05, 0.1) is 30.7 Å². The number of allylic oxidation sites excluding steroid dienone is 1. The van der Waals surface area contributed by atoms with E-state index in [2.05, 4.69) is 37.6 Å². The fourth-order valence-corrected chi connectivity index (χ4v) is 5.16. The Balaban J connectivity index is 1.65. The van der Waals surface area contributed by atoms with E-state index in [4.69, 9.17) is 9.72 Å². The molecule has 0 aliphatic carbocycles. The number of hydrogen-bond acceptors (Lipinski definition) is 6. The molecule has 0 amide bonds. The highest BCUT2D eigenvalue weighted by Crippen LogP contribution is 2.40. The van der Waals surface area contributed by atoms with Gasteiger partial charge in [-0.25, -0.2) is 4.98 Å². The Morgan fingerprint density at radius 1 is 1.31 bits per heavy atom. The Morgan fingerprint density at radius 2 is 2.03 bits per heavy atom. The topological polar surface area (TPSA) is 91.4 Å². The molecule has 3 aromatic rings. The van der Waals surface area contributed by atoms with Gasteiger partial charge in [0.25, 0.3) is 0 Å². The molecule has 0 bridgehead atoms. The summed E-state index contributed by atoms with van der Waals surface area (Å²) in [5, 5.41) is 19.8. The molecular weight excluding hydrogens is 452 g/mol. The van der Waals surface area contributed by atoms with Crippen molar-refractivity contribution in [2.24, 2.45) is 13.0 Å². The number of aromatic nitrogens is 2. The molecule has 4 rings (SSSR count). The molecule has 36 heavy (non-hydrogen) atoms. The summed E-state index contributed by atoms with van der Waals surface area (Å²) in [6.07, 6.45) is 6.01. The van der Waals surface area contributed by atoms with Crippen molar-refractivity contribution in [3.8, 4) is 11.8 Å². The molecule has 1 aliphatic rings. The first-order valence-electron chi connectivity index (χ1n) is 12.4. The summed E-state index contributed by atoms with van der Waals surface area (Å²) in [5.41, 5.74) is 5.20. The molecule has 188 valence electrons. The van der Waals surface area contributed by atoms with E-state index >= 15 is 0 Å². The third-order valence-electron chi connectivity index (χ3n) is 7.33. The van der Waals surface area contributed by atoms with Gasteiger partial charge in [-0.1, -0.05) is 32.6 Å². The van der Waals surface area contributed by atoms with Crippen LogP contribution in [0.15, 0.2) is 42.9 Å². The number of carbonyl (C=O) groups is 1. The Labute approximate surface area is 212 Å². The largest absolute Gasteiger partial charge is 0.496 e. The van der Waals surface area contributed by atoms with E-state index in [0.29, 0.717) is 34.3 Å². The molecule has 0 radical (unpaired) electrons. The zero-order valence-electron chi connectivity index (χ0n) is 21.5. The summed E-state index contributed by atoms with van der Waals surface area (Å²) in [6, 6.07) is 6.87. The quantitative estimate of drug-likeness (QED) is 0.463. The van der Waals surface area contributed by atoms with Gasteiger partial charge >= 0.3 is 0 Å². The number of aliphatic hydroxyl groups is 1. The van der Waals surface area contributed by atoms with Gasteiger partial charge in [-0.3, -0.25) is 4.79 Å². The molecule has 2 aromatic heterocycles. The maximum atomic E-state index is 13.2. The Kier molecular flexibility index (Phi) is 7.46. The minimum atomic E-state index is -0.243. The van der Waals surface area contributed by atoms with Crippen LogP contribution in [0.1, 0.15) is 65.2 Å². The van der Waals surface area contributed by atoms with E-state index in [1.165, 1.54) is 11.3 Å². The van der Waals surface area contributed by atoms with Crippen molar-refractivity contribution in [3.63, 3.8) is 0 Å². The summed E-state index contributed by atoms with van der Waals surface area (Å²) < 4.78 is 7.93. The fraction of sp³-hybridized carbons (Fsp3) is 0.414. The van der Waals surface area contributed by atoms with E-state index in [9.17, 15) is 15.2 Å². The minimum absolute atomic E-state index is 0.108. The van der Waals surface area contributed by atoms with Crippen LogP contribution in [0.3, 0.4) is 0 Å². The molecule has 0 spiro atoms. The van der Waals surface area contributed by atoms with Gasteiger partial charge in [0.1, 0.15) is 11.4 Å². The number of pyridine rings is 1. The zero-order chi connectivity index (χ0) is 26.0. The maximum Gasteiger partial charge on any atom is 0.167 e. The van der Waals surface area contributed by atoms with Gasteiger partial charge in [0.2, 0.25) is 0 Å². The second-order valence-electron chi connectivity index (χ2n) is 9.86. The molecule has 0 unspecified atom stereocenters. The Morgan fingerprint density at radius 3 is 2.64 bits per heavy atom. The highest BCUT2D eigenvalue weighted by molar-refractivity contribution is 5.99. The number of nitrogens with zero attached hydrogens (tertiary/aromatic N) is 4. The van der Waals surface area contributed by atoms with Crippen LogP contribution in [0.5, 0.6) is 5.75 Å². The number of aliphatic hydroxyl groups excluding tert-OH is 1. The van der Waals surface area contributed by atoms with Gasteiger partial charge in [-0.05, 0) is 41.9 Å². The first-order chi connectivity index (χ1) is 17.3. The number of hydrogen-bond donors (Lipinski definition) is 1. The van der Waals surface area contributed by atoms with Crippen molar-refractivity contribution < 1.29 is 14.6 Å². The van der Waals surface area contributed by atoms with Gasteiger partial charge in [-0.2, -0.15) is 5.26 Å². The van der Waals surface area contributed by atoms with Crippen molar-refractivity contribution in [3.05, 3.63) is 70.7 Å². The second kappa shape index (κ2) is 10.5. The number of carbonyl (C=O) groups excluding carboxylic acids is 1. The lowest BCUT2D eigenvalue weighted by Crippen LogP contribution is -2.33. The monoisotopic (exact) mass is 486 g/mol.